The summed E-state index contributed by atoms with van der Waals surface area (Å²) in [5, 5.41) is 7.79. The van der Waals surface area contributed by atoms with Gasteiger partial charge in [0.05, 0.1) is 6.26 Å². The summed E-state index contributed by atoms with van der Waals surface area (Å²) in [6.45, 7) is 2.01. The number of hydrogen-bond acceptors (Lipinski definition) is 4. The van der Waals surface area contributed by atoms with Gasteiger partial charge >= 0.3 is 0 Å². The minimum absolute atomic E-state index is 0.186. The van der Waals surface area contributed by atoms with Gasteiger partial charge in [0.1, 0.15) is 17.6 Å². The van der Waals surface area contributed by atoms with E-state index in [-0.39, 0.29) is 11.9 Å². The summed E-state index contributed by atoms with van der Waals surface area (Å²) < 4.78 is 20.5. The van der Waals surface area contributed by atoms with Crippen molar-refractivity contribution in [3.05, 3.63) is 71.7 Å². The average molecular weight is 310 g/mol. The first-order valence-electron chi connectivity index (χ1n) is 7.48. The first-order chi connectivity index (χ1) is 11.2. The number of allylic oxidation sites excluding steroid dienone is 1. The summed E-state index contributed by atoms with van der Waals surface area (Å²) in [4.78, 5) is 4.51. The summed E-state index contributed by atoms with van der Waals surface area (Å²) in [6.07, 6.45) is 4.39. The first-order valence-corrected chi connectivity index (χ1v) is 7.48. The van der Waals surface area contributed by atoms with Crippen molar-refractivity contribution >= 4 is 11.6 Å². The average Bonchev–Trinajstić information content (AvgIpc) is 3.23. The van der Waals surface area contributed by atoms with Crippen LogP contribution in [0.1, 0.15) is 30.1 Å². The van der Waals surface area contributed by atoms with Crippen molar-refractivity contribution < 1.29 is 8.81 Å². The van der Waals surface area contributed by atoms with E-state index in [4.69, 9.17) is 4.42 Å². The molecule has 1 aromatic carbocycles. The maximum atomic E-state index is 13.2. The summed E-state index contributed by atoms with van der Waals surface area (Å²) in [6, 6.07) is 9.92. The monoisotopic (exact) mass is 310 g/mol. The molecule has 116 valence electrons. The van der Waals surface area contributed by atoms with Crippen molar-refractivity contribution in [2.45, 2.75) is 19.4 Å². The SMILES string of the molecule is CCc1nc2n(n1)[C@H](c1ccco1)C=C(c1ccc(F)cc1)N2. The minimum Gasteiger partial charge on any atom is -0.467 e. The number of benzene rings is 1. The molecule has 0 bridgehead atoms. The molecule has 4 rings (SSSR count). The van der Waals surface area contributed by atoms with E-state index < -0.39 is 0 Å². The van der Waals surface area contributed by atoms with Crippen LogP contribution in [0, 0.1) is 5.82 Å². The molecule has 23 heavy (non-hydrogen) atoms. The fourth-order valence-electron chi connectivity index (χ4n) is 2.65. The van der Waals surface area contributed by atoms with Crippen LogP contribution in [-0.2, 0) is 6.42 Å². The Morgan fingerprint density at radius 2 is 2.09 bits per heavy atom. The molecule has 0 unspecified atom stereocenters. The standard InChI is InChI=1S/C17H15FN4O/c1-2-16-20-17-19-13(11-5-7-12(18)8-6-11)10-14(22(17)21-16)15-4-3-9-23-15/h3-10,14H,2H2,1H3,(H,19,20,21)/t14-/m0/s1. The van der Waals surface area contributed by atoms with E-state index in [1.807, 2.05) is 29.8 Å². The van der Waals surface area contributed by atoms with E-state index >= 15 is 0 Å². The molecule has 1 N–H and O–H groups in total. The third-order valence-electron chi connectivity index (χ3n) is 3.82. The van der Waals surface area contributed by atoms with Crippen LogP contribution < -0.4 is 5.32 Å². The minimum atomic E-state index is -0.260. The number of hydrogen-bond donors (Lipinski definition) is 1. The van der Waals surface area contributed by atoms with Crippen LogP contribution in [-0.4, -0.2) is 14.8 Å². The number of anilines is 1. The normalized spacial score (nSPS) is 16.6. The number of fused-ring (bicyclic) bond motifs is 1. The van der Waals surface area contributed by atoms with Crippen molar-refractivity contribution in [1.82, 2.24) is 14.8 Å². The lowest BCUT2D eigenvalue weighted by molar-refractivity contribution is 0.447. The molecule has 1 aliphatic rings. The zero-order chi connectivity index (χ0) is 15.8. The van der Waals surface area contributed by atoms with Crippen molar-refractivity contribution in [1.29, 1.82) is 0 Å². The van der Waals surface area contributed by atoms with Gasteiger partial charge in [-0.3, -0.25) is 0 Å². The van der Waals surface area contributed by atoms with Crippen LogP contribution in [0.3, 0.4) is 0 Å². The van der Waals surface area contributed by atoms with Gasteiger partial charge in [0, 0.05) is 12.1 Å². The molecule has 0 fully saturated rings. The number of aryl methyl sites for hydroxylation is 1. The summed E-state index contributed by atoms with van der Waals surface area (Å²) in [7, 11) is 0. The van der Waals surface area contributed by atoms with Gasteiger partial charge in [-0.05, 0) is 48.0 Å². The van der Waals surface area contributed by atoms with E-state index in [1.165, 1.54) is 12.1 Å². The van der Waals surface area contributed by atoms with Gasteiger partial charge < -0.3 is 9.73 Å². The number of rotatable bonds is 3. The maximum Gasteiger partial charge on any atom is 0.226 e. The summed E-state index contributed by atoms with van der Waals surface area (Å²) >= 11 is 0. The van der Waals surface area contributed by atoms with Crippen molar-refractivity contribution in [2.24, 2.45) is 0 Å². The molecule has 0 aliphatic carbocycles. The number of aromatic nitrogens is 3. The van der Waals surface area contributed by atoms with E-state index in [0.29, 0.717) is 5.95 Å². The van der Waals surface area contributed by atoms with Crippen molar-refractivity contribution in [3.8, 4) is 0 Å². The van der Waals surface area contributed by atoms with Crippen LogP contribution >= 0.6 is 0 Å². The lowest BCUT2D eigenvalue weighted by Gasteiger charge is -2.22. The Kier molecular flexibility index (Phi) is 3.22. The molecule has 0 spiro atoms. The second kappa shape index (κ2) is 5.39. The highest BCUT2D eigenvalue weighted by Gasteiger charge is 2.26. The highest BCUT2D eigenvalue weighted by molar-refractivity contribution is 5.76. The number of nitrogens with zero attached hydrogens (tertiary/aromatic N) is 3. The second-order valence-corrected chi connectivity index (χ2v) is 5.32. The van der Waals surface area contributed by atoms with E-state index in [1.54, 1.807) is 18.4 Å². The van der Waals surface area contributed by atoms with Gasteiger partial charge in [-0.2, -0.15) is 10.1 Å². The Morgan fingerprint density at radius 3 is 2.78 bits per heavy atom. The number of nitrogens with one attached hydrogen (secondary N) is 1. The van der Waals surface area contributed by atoms with Crippen molar-refractivity contribution in [2.75, 3.05) is 5.32 Å². The molecule has 6 heteroatoms. The summed E-state index contributed by atoms with van der Waals surface area (Å²) in [5.41, 5.74) is 1.74. The predicted molar refractivity (Wildman–Crippen MR) is 84.2 cm³/mol. The van der Waals surface area contributed by atoms with E-state index in [9.17, 15) is 4.39 Å². The van der Waals surface area contributed by atoms with Crippen LogP contribution in [0.5, 0.6) is 0 Å². The van der Waals surface area contributed by atoms with Gasteiger partial charge in [0.25, 0.3) is 0 Å². The smallest absolute Gasteiger partial charge is 0.226 e. The van der Waals surface area contributed by atoms with E-state index in [2.05, 4.69) is 15.4 Å². The van der Waals surface area contributed by atoms with Crippen molar-refractivity contribution in [3.63, 3.8) is 0 Å². The van der Waals surface area contributed by atoms with Crippen LogP contribution in [0.4, 0.5) is 10.3 Å². The molecule has 5 nitrogen and oxygen atoms in total. The fraction of sp³-hybridized carbons (Fsp3) is 0.176. The van der Waals surface area contributed by atoms with Crippen LogP contribution in [0.25, 0.3) is 5.70 Å². The molecular weight excluding hydrogens is 295 g/mol. The van der Waals surface area contributed by atoms with Crippen LogP contribution in [0.15, 0.2) is 53.2 Å². The highest BCUT2D eigenvalue weighted by atomic mass is 19.1. The number of halogens is 1. The third-order valence-corrected chi connectivity index (χ3v) is 3.82. The lowest BCUT2D eigenvalue weighted by Crippen LogP contribution is -2.19. The third kappa shape index (κ3) is 2.42. The van der Waals surface area contributed by atoms with Gasteiger partial charge in [-0.15, -0.1) is 0 Å². The molecule has 0 radical (unpaired) electrons. The highest BCUT2D eigenvalue weighted by Crippen LogP contribution is 2.32. The van der Waals surface area contributed by atoms with Gasteiger partial charge in [-0.1, -0.05) is 6.92 Å². The quantitative estimate of drug-likeness (QED) is 0.802. The topological polar surface area (TPSA) is 55.9 Å². The Labute approximate surface area is 132 Å². The first kappa shape index (κ1) is 13.8. The molecular formula is C17H15FN4O. The number of furan rings is 1. The van der Waals surface area contributed by atoms with Gasteiger partial charge in [0.2, 0.25) is 5.95 Å². The Hall–Kier alpha value is -2.89. The predicted octanol–water partition coefficient (Wildman–Crippen LogP) is 3.63. The van der Waals surface area contributed by atoms with E-state index in [0.717, 1.165) is 29.3 Å². The second-order valence-electron chi connectivity index (χ2n) is 5.32. The Bertz CT molecular complexity index is 849. The fourth-order valence-corrected chi connectivity index (χ4v) is 2.65. The van der Waals surface area contributed by atoms with Crippen LogP contribution in [0.2, 0.25) is 0 Å². The lowest BCUT2D eigenvalue weighted by atomic mass is 10.1. The molecule has 0 saturated carbocycles. The zero-order valence-corrected chi connectivity index (χ0v) is 12.5. The summed E-state index contributed by atoms with van der Waals surface area (Å²) in [5.74, 6) is 1.94. The molecule has 1 aliphatic heterocycles. The molecule has 3 aromatic rings. The Morgan fingerprint density at radius 1 is 1.26 bits per heavy atom. The molecule has 0 amide bonds. The largest absolute Gasteiger partial charge is 0.467 e. The maximum absolute atomic E-state index is 13.2. The molecule has 1 atom stereocenters. The van der Waals surface area contributed by atoms with Gasteiger partial charge in [-0.25, -0.2) is 9.07 Å². The Balaban J connectivity index is 1.81. The molecule has 2 aromatic heterocycles. The zero-order valence-electron chi connectivity index (χ0n) is 12.5. The molecule has 0 saturated heterocycles. The molecule has 3 heterocycles. The van der Waals surface area contributed by atoms with Gasteiger partial charge in [0.15, 0.2) is 5.82 Å².